The summed E-state index contributed by atoms with van der Waals surface area (Å²) >= 11 is 6.31. The maximum Gasteiger partial charge on any atom is 0.0659 e. The van der Waals surface area contributed by atoms with Crippen molar-refractivity contribution in [1.82, 2.24) is 5.32 Å². The summed E-state index contributed by atoms with van der Waals surface area (Å²) in [6.07, 6.45) is 5.13. The first kappa shape index (κ1) is 15.5. The van der Waals surface area contributed by atoms with E-state index >= 15 is 0 Å². The zero-order chi connectivity index (χ0) is 14.5. The number of hydrogen-bond acceptors (Lipinski definition) is 3. The summed E-state index contributed by atoms with van der Waals surface area (Å²) in [6, 6.07) is 7.29. The molecule has 0 aliphatic carbocycles. The van der Waals surface area contributed by atoms with Crippen LogP contribution in [0.4, 0.5) is 11.4 Å². The van der Waals surface area contributed by atoms with Crippen molar-refractivity contribution < 1.29 is 0 Å². The Hall–Kier alpha value is -0.930. The monoisotopic (exact) mass is 295 g/mol. The van der Waals surface area contributed by atoms with Gasteiger partial charge in [-0.15, -0.1) is 0 Å². The summed E-state index contributed by atoms with van der Waals surface area (Å²) < 4.78 is 0. The van der Waals surface area contributed by atoms with E-state index in [-0.39, 0.29) is 0 Å². The minimum absolute atomic E-state index is 0.451. The van der Waals surface area contributed by atoms with Gasteiger partial charge in [0.15, 0.2) is 0 Å². The van der Waals surface area contributed by atoms with Crippen LogP contribution in [0.5, 0.6) is 0 Å². The number of halogens is 1. The zero-order valence-corrected chi connectivity index (χ0v) is 13.5. The summed E-state index contributed by atoms with van der Waals surface area (Å²) in [5.74, 6) is 0. The minimum Gasteiger partial charge on any atom is -0.382 e. The lowest BCUT2D eigenvalue weighted by Crippen LogP contribution is -2.37. The molecule has 2 rings (SSSR count). The molecule has 1 saturated heterocycles. The number of anilines is 2. The number of hydrogen-bond donors (Lipinski definition) is 2. The Morgan fingerprint density at radius 1 is 1.40 bits per heavy atom. The quantitative estimate of drug-likeness (QED) is 0.866. The van der Waals surface area contributed by atoms with Gasteiger partial charge in [-0.2, -0.15) is 0 Å². The second kappa shape index (κ2) is 7.19. The fourth-order valence-corrected chi connectivity index (χ4v) is 3.20. The van der Waals surface area contributed by atoms with Crippen LogP contribution in [0.2, 0.25) is 5.02 Å². The van der Waals surface area contributed by atoms with Gasteiger partial charge >= 0.3 is 0 Å². The molecule has 112 valence electrons. The van der Waals surface area contributed by atoms with Crippen LogP contribution in [-0.2, 0) is 0 Å². The molecular weight excluding hydrogens is 270 g/mol. The lowest BCUT2D eigenvalue weighted by Gasteiger charge is -2.27. The van der Waals surface area contributed by atoms with E-state index in [0.717, 1.165) is 22.8 Å². The Balaban J connectivity index is 1.90. The topological polar surface area (TPSA) is 27.3 Å². The molecule has 0 bridgehead atoms. The summed E-state index contributed by atoms with van der Waals surface area (Å²) in [4.78, 5) is 2.03. The fourth-order valence-electron chi connectivity index (χ4n) is 2.85. The summed E-state index contributed by atoms with van der Waals surface area (Å²) in [6.45, 7) is 3.41. The van der Waals surface area contributed by atoms with Crippen LogP contribution in [0.3, 0.4) is 0 Å². The number of nitrogens with zero attached hydrogens (tertiary/aromatic N) is 1. The molecule has 0 aromatic heterocycles. The third-order valence-corrected chi connectivity index (χ3v) is 4.20. The van der Waals surface area contributed by atoms with Crippen molar-refractivity contribution in [2.45, 2.75) is 44.7 Å². The highest BCUT2D eigenvalue weighted by Crippen LogP contribution is 2.28. The molecule has 2 N–H and O–H groups in total. The Morgan fingerprint density at radius 3 is 2.80 bits per heavy atom. The van der Waals surface area contributed by atoms with Crippen molar-refractivity contribution in [2.75, 3.05) is 30.9 Å². The normalized spacial score (nSPS) is 20.5. The van der Waals surface area contributed by atoms with Crippen LogP contribution in [0.15, 0.2) is 18.2 Å². The molecule has 1 aromatic rings. The van der Waals surface area contributed by atoms with Gasteiger partial charge in [-0.05, 0) is 50.9 Å². The molecule has 1 aliphatic rings. The molecule has 3 nitrogen and oxygen atoms in total. The summed E-state index contributed by atoms with van der Waals surface area (Å²) in [5.41, 5.74) is 2.16. The number of piperidine rings is 1. The molecular formula is C16H26ClN3. The second-order valence-corrected chi connectivity index (χ2v) is 6.40. The predicted octanol–water partition coefficient (Wildman–Crippen LogP) is 3.74. The molecule has 1 aliphatic heterocycles. The molecule has 0 spiro atoms. The summed E-state index contributed by atoms with van der Waals surface area (Å²) in [7, 11) is 4.01. The highest BCUT2D eigenvalue weighted by molar-refractivity contribution is 6.33. The maximum absolute atomic E-state index is 6.31. The molecule has 4 heteroatoms. The molecule has 0 radical (unpaired) electrons. The van der Waals surface area contributed by atoms with E-state index in [1.54, 1.807) is 0 Å². The molecule has 2 atom stereocenters. The standard InChI is InChI=1S/C16H26ClN3/c1-12(10-13-6-4-5-9-18-13)19-14-7-8-16(20(2)3)15(17)11-14/h7-8,11-13,18-19H,4-6,9-10H2,1-3H3. The molecule has 20 heavy (non-hydrogen) atoms. The van der Waals surface area contributed by atoms with Crippen LogP contribution >= 0.6 is 11.6 Å². The van der Waals surface area contributed by atoms with E-state index in [9.17, 15) is 0 Å². The van der Waals surface area contributed by atoms with E-state index in [1.165, 1.54) is 25.8 Å². The van der Waals surface area contributed by atoms with Gasteiger partial charge < -0.3 is 15.5 Å². The average molecular weight is 296 g/mol. The third-order valence-electron chi connectivity index (χ3n) is 3.89. The van der Waals surface area contributed by atoms with Gasteiger partial charge in [-0.25, -0.2) is 0 Å². The van der Waals surface area contributed by atoms with Crippen LogP contribution in [0, 0.1) is 0 Å². The van der Waals surface area contributed by atoms with Crippen molar-refractivity contribution in [3.8, 4) is 0 Å². The van der Waals surface area contributed by atoms with Gasteiger partial charge in [0.2, 0.25) is 0 Å². The van der Waals surface area contributed by atoms with Gasteiger partial charge in [0.25, 0.3) is 0 Å². The zero-order valence-electron chi connectivity index (χ0n) is 12.7. The largest absolute Gasteiger partial charge is 0.382 e. The van der Waals surface area contributed by atoms with Crippen LogP contribution < -0.4 is 15.5 Å². The molecule has 1 fully saturated rings. The van der Waals surface area contributed by atoms with Crippen LogP contribution in [-0.4, -0.2) is 32.7 Å². The van der Waals surface area contributed by atoms with Crippen molar-refractivity contribution in [3.05, 3.63) is 23.2 Å². The highest BCUT2D eigenvalue weighted by Gasteiger charge is 2.15. The smallest absolute Gasteiger partial charge is 0.0659 e. The molecule has 1 heterocycles. The van der Waals surface area contributed by atoms with Crippen molar-refractivity contribution in [2.24, 2.45) is 0 Å². The number of rotatable bonds is 5. The van der Waals surface area contributed by atoms with Gasteiger partial charge in [-0.1, -0.05) is 18.0 Å². The third kappa shape index (κ3) is 4.29. The molecule has 2 unspecified atom stereocenters. The minimum atomic E-state index is 0.451. The summed E-state index contributed by atoms with van der Waals surface area (Å²) in [5, 5.41) is 7.95. The lowest BCUT2D eigenvalue weighted by molar-refractivity contribution is 0.371. The fraction of sp³-hybridized carbons (Fsp3) is 0.625. The van der Waals surface area contributed by atoms with Crippen LogP contribution in [0.1, 0.15) is 32.6 Å². The first-order valence-corrected chi connectivity index (χ1v) is 7.91. The first-order chi connectivity index (χ1) is 9.56. The van der Waals surface area contributed by atoms with Gasteiger partial charge in [0.05, 0.1) is 10.7 Å². The van der Waals surface area contributed by atoms with Gasteiger partial charge in [0, 0.05) is 31.9 Å². The predicted molar refractivity (Wildman–Crippen MR) is 89.1 cm³/mol. The Bertz CT molecular complexity index is 428. The Labute approximate surface area is 127 Å². The maximum atomic E-state index is 6.31. The van der Waals surface area contributed by atoms with Crippen molar-refractivity contribution in [1.29, 1.82) is 0 Å². The molecule has 0 saturated carbocycles. The van der Waals surface area contributed by atoms with Crippen molar-refractivity contribution in [3.63, 3.8) is 0 Å². The van der Waals surface area contributed by atoms with E-state index in [1.807, 2.05) is 25.1 Å². The Kier molecular flexibility index (Phi) is 5.55. The number of nitrogens with one attached hydrogen (secondary N) is 2. The lowest BCUT2D eigenvalue weighted by atomic mass is 9.98. The van der Waals surface area contributed by atoms with Gasteiger partial charge in [0.1, 0.15) is 0 Å². The Morgan fingerprint density at radius 2 is 2.20 bits per heavy atom. The molecule has 0 amide bonds. The highest BCUT2D eigenvalue weighted by atomic mass is 35.5. The average Bonchev–Trinajstić information content (AvgIpc) is 2.39. The van der Waals surface area contributed by atoms with Crippen molar-refractivity contribution >= 4 is 23.0 Å². The first-order valence-electron chi connectivity index (χ1n) is 7.53. The molecule has 1 aromatic carbocycles. The van der Waals surface area contributed by atoms with E-state index in [4.69, 9.17) is 11.6 Å². The van der Waals surface area contributed by atoms with E-state index < -0.39 is 0 Å². The van der Waals surface area contributed by atoms with Crippen LogP contribution in [0.25, 0.3) is 0 Å². The van der Waals surface area contributed by atoms with Gasteiger partial charge in [-0.3, -0.25) is 0 Å². The SMILES string of the molecule is CC(CC1CCCCN1)Nc1ccc(N(C)C)c(Cl)c1. The van der Waals surface area contributed by atoms with E-state index in [2.05, 4.69) is 29.7 Å². The second-order valence-electron chi connectivity index (χ2n) is 5.99. The number of benzene rings is 1. The van der Waals surface area contributed by atoms with E-state index in [0.29, 0.717) is 12.1 Å².